The number of aromatic nitrogens is 2. The number of phenols is 1. The lowest BCUT2D eigenvalue weighted by atomic mass is 10.1. The van der Waals surface area contributed by atoms with E-state index in [-0.39, 0.29) is 5.75 Å². The first kappa shape index (κ1) is 20.8. The van der Waals surface area contributed by atoms with Crippen LogP contribution in [0.5, 0.6) is 17.2 Å². The Morgan fingerprint density at radius 1 is 0.818 bits per heavy atom. The molecule has 0 saturated carbocycles. The van der Waals surface area contributed by atoms with E-state index in [1.807, 2.05) is 66.7 Å². The first-order valence-electron chi connectivity index (χ1n) is 10.8. The number of ether oxygens (including phenoxy) is 2. The van der Waals surface area contributed by atoms with Gasteiger partial charge in [0.2, 0.25) is 5.95 Å². The molecule has 2 heterocycles. The smallest absolute Gasteiger partial charge is 0.228 e. The van der Waals surface area contributed by atoms with Gasteiger partial charge < -0.3 is 24.8 Å². The standard InChI is InChI=1S/C26H24N4O3/c31-21-6-4-5-19(17-21)24-18-25(29-26(28-24)30-13-15-32-16-14-30)27-20-9-11-23(12-10-20)33-22-7-2-1-3-8-22/h1-12,17-18,31H,13-16H2,(H,27,28,29). The van der Waals surface area contributed by atoms with Gasteiger partial charge in [-0.3, -0.25) is 0 Å². The van der Waals surface area contributed by atoms with Gasteiger partial charge in [-0.2, -0.15) is 4.98 Å². The maximum absolute atomic E-state index is 9.93. The van der Waals surface area contributed by atoms with Gasteiger partial charge in [0.05, 0.1) is 18.9 Å². The van der Waals surface area contributed by atoms with Gasteiger partial charge in [-0.25, -0.2) is 4.98 Å². The molecule has 0 amide bonds. The number of benzene rings is 3. The highest BCUT2D eigenvalue weighted by molar-refractivity contribution is 5.68. The molecule has 33 heavy (non-hydrogen) atoms. The summed E-state index contributed by atoms with van der Waals surface area (Å²) in [6.07, 6.45) is 0. The molecule has 1 saturated heterocycles. The van der Waals surface area contributed by atoms with Crippen LogP contribution in [0, 0.1) is 0 Å². The number of nitrogens with one attached hydrogen (secondary N) is 1. The molecule has 0 unspecified atom stereocenters. The summed E-state index contributed by atoms with van der Waals surface area (Å²) in [5, 5.41) is 13.3. The van der Waals surface area contributed by atoms with Crippen LogP contribution in [-0.2, 0) is 4.74 Å². The van der Waals surface area contributed by atoms with Gasteiger partial charge in [-0.05, 0) is 48.5 Å². The summed E-state index contributed by atoms with van der Waals surface area (Å²) in [7, 11) is 0. The fraction of sp³-hybridized carbons (Fsp3) is 0.154. The van der Waals surface area contributed by atoms with E-state index in [1.165, 1.54) is 0 Å². The van der Waals surface area contributed by atoms with Crippen molar-refractivity contribution in [3.63, 3.8) is 0 Å². The minimum atomic E-state index is 0.197. The van der Waals surface area contributed by atoms with Gasteiger partial charge in [0, 0.05) is 30.4 Å². The van der Waals surface area contributed by atoms with Gasteiger partial charge in [0.25, 0.3) is 0 Å². The first-order chi connectivity index (χ1) is 16.2. The summed E-state index contributed by atoms with van der Waals surface area (Å²) in [5.74, 6) is 3.04. The zero-order valence-electron chi connectivity index (χ0n) is 18.0. The van der Waals surface area contributed by atoms with Crippen LogP contribution in [0.2, 0.25) is 0 Å². The van der Waals surface area contributed by atoms with Gasteiger partial charge in [0.15, 0.2) is 0 Å². The Labute approximate surface area is 192 Å². The number of morpholine rings is 1. The number of aromatic hydroxyl groups is 1. The van der Waals surface area contributed by atoms with Crippen LogP contribution >= 0.6 is 0 Å². The number of nitrogens with zero attached hydrogens (tertiary/aromatic N) is 3. The Balaban J connectivity index is 1.41. The van der Waals surface area contributed by atoms with E-state index >= 15 is 0 Å². The van der Waals surface area contributed by atoms with Gasteiger partial charge in [-0.15, -0.1) is 0 Å². The minimum absolute atomic E-state index is 0.197. The SMILES string of the molecule is Oc1cccc(-c2cc(Nc3ccc(Oc4ccccc4)cc3)nc(N3CCOCC3)n2)c1. The van der Waals surface area contributed by atoms with Crippen molar-refractivity contribution in [1.82, 2.24) is 9.97 Å². The van der Waals surface area contributed by atoms with E-state index < -0.39 is 0 Å². The Kier molecular flexibility index (Phi) is 6.04. The monoisotopic (exact) mass is 440 g/mol. The van der Waals surface area contributed by atoms with Crippen LogP contribution in [0.3, 0.4) is 0 Å². The second-order valence-electron chi connectivity index (χ2n) is 7.65. The zero-order valence-corrected chi connectivity index (χ0v) is 18.0. The molecular weight excluding hydrogens is 416 g/mol. The summed E-state index contributed by atoms with van der Waals surface area (Å²) < 4.78 is 11.3. The molecule has 0 spiro atoms. The van der Waals surface area contributed by atoms with E-state index in [9.17, 15) is 5.11 Å². The van der Waals surface area contributed by atoms with Gasteiger partial charge in [-0.1, -0.05) is 30.3 Å². The fourth-order valence-corrected chi connectivity index (χ4v) is 3.60. The molecule has 7 nitrogen and oxygen atoms in total. The van der Waals surface area contributed by atoms with E-state index in [1.54, 1.807) is 18.2 Å². The number of phenolic OH excluding ortho intramolecular Hbond substituents is 1. The van der Waals surface area contributed by atoms with Crippen LogP contribution in [0.15, 0.2) is 84.9 Å². The van der Waals surface area contributed by atoms with Crippen molar-refractivity contribution in [2.24, 2.45) is 0 Å². The lowest BCUT2D eigenvalue weighted by molar-refractivity contribution is 0.122. The predicted molar refractivity (Wildman–Crippen MR) is 128 cm³/mol. The van der Waals surface area contributed by atoms with Crippen molar-refractivity contribution in [3.05, 3.63) is 84.9 Å². The summed E-state index contributed by atoms with van der Waals surface area (Å²) in [5.41, 5.74) is 2.43. The molecule has 2 N–H and O–H groups in total. The highest BCUT2D eigenvalue weighted by Crippen LogP contribution is 2.28. The number of hydrogen-bond donors (Lipinski definition) is 2. The molecule has 166 valence electrons. The second-order valence-corrected chi connectivity index (χ2v) is 7.65. The molecular formula is C26H24N4O3. The Hall–Kier alpha value is -4.10. The summed E-state index contributed by atoms with van der Waals surface area (Å²) in [6, 6.07) is 26.3. The Morgan fingerprint density at radius 2 is 1.58 bits per heavy atom. The minimum Gasteiger partial charge on any atom is -0.508 e. The third kappa shape index (κ3) is 5.22. The predicted octanol–water partition coefficient (Wildman–Crippen LogP) is 5.22. The molecule has 0 radical (unpaired) electrons. The van der Waals surface area contributed by atoms with Gasteiger partial charge >= 0.3 is 0 Å². The molecule has 1 aromatic heterocycles. The van der Waals surface area contributed by atoms with Crippen LogP contribution in [-0.4, -0.2) is 41.4 Å². The lowest BCUT2D eigenvalue weighted by Crippen LogP contribution is -2.37. The van der Waals surface area contributed by atoms with Gasteiger partial charge in [0.1, 0.15) is 23.1 Å². The number of hydrogen-bond acceptors (Lipinski definition) is 7. The molecule has 1 aliphatic rings. The molecule has 4 aromatic rings. The number of rotatable bonds is 6. The van der Waals surface area contributed by atoms with Crippen molar-refractivity contribution < 1.29 is 14.6 Å². The zero-order chi connectivity index (χ0) is 22.5. The number of para-hydroxylation sites is 1. The molecule has 5 rings (SSSR count). The maximum Gasteiger partial charge on any atom is 0.228 e. The first-order valence-corrected chi connectivity index (χ1v) is 10.8. The van der Waals surface area contributed by atoms with Crippen molar-refractivity contribution in [3.8, 4) is 28.5 Å². The van der Waals surface area contributed by atoms with Crippen molar-refractivity contribution in [1.29, 1.82) is 0 Å². The summed E-state index contributed by atoms with van der Waals surface area (Å²) in [6.45, 7) is 2.75. The number of anilines is 3. The summed E-state index contributed by atoms with van der Waals surface area (Å²) in [4.78, 5) is 11.6. The molecule has 0 aliphatic carbocycles. The Bertz CT molecular complexity index is 1210. The van der Waals surface area contributed by atoms with E-state index in [0.717, 1.165) is 41.5 Å². The summed E-state index contributed by atoms with van der Waals surface area (Å²) >= 11 is 0. The molecule has 3 aromatic carbocycles. The highest BCUT2D eigenvalue weighted by atomic mass is 16.5. The third-order valence-electron chi connectivity index (χ3n) is 5.26. The van der Waals surface area contributed by atoms with Crippen LogP contribution in [0.4, 0.5) is 17.5 Å². The van der Waals surface area contributed by atoms with Crippen molar-refractivity contribution >= 4 is 17.5 Å². The quantitative estimate of drug-likeness (QED) is 0.425. The topological polar surface area (TPSA) is 79.7 Å². The van der Waals surface area contributed by atoms with E-state index in [4.69, 9.17) is 19.4 Å². The molecule has 1 aliphatic heterocycles. The molecule has 7 heteroatoms. The molecule has 0 atom stereocenters. The van der Waals surface area contributed by atoms with E-state index in [0.29, 0.717) is 25.0 Å². The van der Waals surface area contributed by atoms with E-state index in [2.05, 4.69) is 10.2 Å². The van der Waals surface area contributed by atoms with Crippen LogP contribution < -0.4 is 15.0 Å². The van der Waals surface area contributed by atoms with Crippen LogP contribution in [0.1, 0.15) is 0 Å². The average Bonchev–Trinajstić information content (AvgIpc) is 2.86. The largest absolute Gasteiger partial charge is 0.508 e. The second kappa shape index (κ2) is 9.58. The van der Waals surface area contributed by atoms with Crippen molar-refractivity contribution in [2.45, 2.75) is 0 Å². The molecule has 1 fully saturated rings. The molecule has 0 bridgehead atoms. The lowest BCUT2D eigenvalue weighted by Gasteiger charge is -2.27. The Morgan fingerprint density at radius 3 is 2.33 bits per heavy atom. The average molecular weight is 441 g/mol. The normalized spacial score (nSPS) is 13.5. The maximum atomic E-state index is 9.93. The highest BCUT2D eigenvalue weighted by Gasteiger charge is 2.17. The van der Waals surface area contributed by atoms with Crippen LogP contribution in [0.25, 0.3) is 11.3 Å². The third-order valence-corrected chi connectivity index (χ3v) is 5.26. The van der Waals surface area contributed by atoms with Crippen molar-refractivity contribution in [2.75, 3.05) is 36.5 Å². The fourth-order valence-electron chi connectivity index (χ4n) is 3.60.